The van der Waals surface area contributed by atoms with Crippen molar-refractivity contribution in [3.05, 3.63) is 42.5 Å². The summed E-state index contributed by atoms with van der Waals surface area (Å²) in [6.45, 7) is -0.230. The summed E-state index contributed by atoms with van der Waals surface area (Å²) in [5.74, 6) is -1.01. The molecule has 0 aromatic heterocycles. The van der Waals surface area contributed by atoms with E-state index in [1.54, 1.807) is 6.07 Å². The number of likely N-dealkylation sites (tertiary alicyclic amines) is 1. The summed E-state index contributed by atoms with van der Waals surface area (Å²) in [4.78, 5) is 24.5. The Bertz CT molecular complexity index is 745. The largest absolute Gasteiger partial charge is 0.484 e. The number of aliphatic hydroxyl groups excluding tert-OH is 1. The van der Waals surface area contributed by atoms with Crippen molar-refractivity contribution in [1.82, 2.24) is 4.90 Å². The molecule has 0 bridgehead atoms. The topological polar surface area (TPSA) is 87.1 Å². The number of fused-ring (bicyclic) bond motifs is 1. The molecule has 0 aliphatic carbocycles. The Labute approximate surface area is 132 Å². The monoisotopic (exact) mass is 315 g/mol. The molecule has 0 spiro atoms. The van der Waals surface area contributed by atoms with Gasteiger partial charge in [-0.3, -0.25) is 4.79 Å². The number of rotatable bonds is 4. The minimum absolute atomic E-state index is 0.0247. The Morgan fingerprint density at radius 3 is 2.65 bits per heavy atom. The van der Waals surface area contributed by atoms with Crippen LogP contribution in [0.3, 0.4) is 0 Å². The zero-order valence-corrected chi connectivity index (χ0v) is 12.4. The van der Waals surface area contributed by atoms with Gasteiger partial charge in [-0.15, -0.1) is 0 Å². The van der Waals surface area contributed by atoms with Gasteiger partial charge < -0.3 is 19.8 Å². The van der Waals surface area contributed by atoms with Crippen molar-refractivity contribution < 1.29 is 24.5 Å². The molecule has 2 aromatic rings. The zero-order valence-electron chi connectivity index (χ0n) is 12.4. The third kappa shape index (κ3) is 3.27. The summed E-state index contributed by atoms with van der Waals surface area (Å²) in [6.07, 6.45) is -0.752. The number of aliphatic hydroxyl groups is 1. The van der Waals surface area contributed by atoms with Crippen LogP contribution in [0, 0.1) is 0 Å². The molecule has 23 heavy (non-hydrogen) atoms. The maximum atomic E-state index is 12.2. The quantitative estimate of drug-likeness (QED) is 0.887. The number of nitrogens with zero attached hydrogens (tertiary/aromatic N) is 1. The van der Waals surface area contributed by atoms with E-state index in [9.17, 15) is 14.7 Å². The molecule has 3 rings (SSSR count). The van der Waals surface area contributed by atoms with E-state index in [4.69, 9.17) is 9.84 Å². The fraction of sp³-hybridized carbons (Fsp3) is 0.294. The van der Waals surface area contributed by atoms with E-state index in [1.165, 1.54) is 0 Å². The molecule has 0 saturated carbocycles. The SMILES string of the molecule is O=C(O)[C@H]1C[C@@H](O)CN1C(=O)COc1ccc2ccccc2c1. The average molecular weight is 315 g/mol. The van der Waals surface area contributed by atoms with E-state index in [2.05, 4.69) is 0 Å². The normalized spacial score (nSPS) is 20.7. The number of aliphatic carboxylic acids is 1. The van der Waals surface area contributed by atoms with Gasteiger partial charge in [0.2, 0.25) is 0 Å². The van der Waals surface area contributed by atoms with Crippen molar-refractivity contribution in [2.75, 3.05) is 13.2 Å². The number of β-amino-alcohol motifs (C(OH)–C–C–N with tert-alkyl or cyclic N) is 1. The van der Waals surface area contributed by atoms with E-state index in [0.717, 1.165) is 15.7 Å². The van der Waals surface area contributed by atoms with E-state index in [0.29, 0.717) is 5.75 Å². The van der Waals surface area contributed by atoms with Gasteiger partial charge in [-0.25, -0.2) is 4.79 Å². The van der Waals surface area contributed by atoms with Crippen molar-refractivity contribution in [2.24, 2.45) is 0 Å². The maximum absolute atomic E-state index is 12.2. The second-order valence-corrected chi connectivity index (χ2v) is 5.59. The van der Waals surface area contributed by atoms with Gasteiger partial charge in [-0.05, 0) is 22.9 Å². The molecular weight excluding hydrogens is 298 g/mol. The van der Waals surface area contributed by atoms with Crippen LogP contribution in [0.2, 0.25) is 0 Å². The zero-order chi connectivity index (χ0) is 16.4. The molecule has 1 heterocycles. The molecule has 0 unspecified atom stereocenters. The Hall–Kier alpha value is -2.60. The van der Waals surface area contributed by atoms with E-state index in [1.807, 2.05) is 36.4 Å². The van der Waals surface area contributed by atoms with Crippen molar-refractivity contribution in [2.45, 2.75) is 18.6 Å². The lowest BCUT2D eigenvalue weighted by Crippen LogP contribution is -2.42. The van der Waals surface area contributed by atoms with Gasteiger partial charge in [-0.2, -0.15) is 0 Å². The van der Waals surface area contributed by atoms with Crippen LogP contribution >= 0.6 is 0 Å². The molecule has 1 fully saturated rings. The van der Waals surface area contributed by atoms with Crippen LogP contribution in [-0.4, -0.2) is 52.3 Å². The van der Waals surface area contributed by atoms with E-state index < -0.39 is 24.0 Å². The Kier molecular flexibility index (Phi) is 4.16. The van der Waals surface area contributed by atoms with Gasteiger partial charge in [0.25, 0.3) is 5.91 Å². The maximum Gasteiger partial charge on any atom is 0.326 e. The molecule has 2 N–H and O–H groups in total. The third-order valence-electron chi connectivity index (χ3n) is 3.97. The standard InChI is InChI=1S/C17H17NO5/c19-13-8-15(17(21)22)18(9-13)16(20)10-23-14-6-5-11-3-1-2-4-12(11)7-14/h1-7,13,15,19H,8-10H2,(H,21,22)/t13-,15-/m1/s1. The van der Waals surface area contributed by atoms with Crippen molar-refractivity contribution >= 4 is 22.6 Å². The summed E-state index contributed by atoms with van der Waals surface area (Å²) in [6, 6.07) is 12.3. The minimum Gasteiger partial charge on any atom is -0.484 e. The lowest BCUT2D eigenvalue weighted by Gasteiger charge is -2.21. The molecule has 1 amide bonds. The number of hydrogen-bond donors (Lipinski definition) is 2. The highest BCUT2D eigenvalue weighted by molar-refractivity contribution is 5.86. The van der Waals surface area contributed by atoms with Gasteiger partial charge >= 0.3 is 5.97 Å². The fourth-order valence-corrected chi connectivity index (χ4v) is 2.81. The number of carbonyl (C=O) groups is 2. The molecular formula is C17H17NO5. The smallest absolute Gasteiger partial charge is 0.326 e. The molecule has 2 aromatic carbocycles. The number of amides is 1. The molecule has 1 aliphatic heterocycles. The van der Waals surface area contributed by atoms with Gasteiger partial charge in [0.15, 0.2) is 6.61 Å². The van der Waals surface area contributed by atoms with E-state index in [-0.39, 0.29) is 19.6 Å². The number of benzene rings is 2. The molecule has 1 saturated heterocycles. The lowest BCUT2D eigenvalue weighted by molar-refractivity contribution is -0.148. The van der Waals surface area contributed by atoms with Crippen LogP contribution in [0.5, 0.6) is 5.75 Å². The summed E-state index contributed by atoms with van der Waals surface area (Å²) in [5.41, 5.74) is 0. The predicted molar refractivity (Wildman–Crippen MR) is 83.2 cm³/mol. The number of carboxylic acids is 1. The molecule has 2 atom stereocenters. The highest BCUT2D eigenvalue weighted by Gasteiger charge is 2.38. The fourth-order valence-electron chi connectivity index (χ4n) is 2.81. The number of carboxylic acid groups (broad SMARTS) is 1. The first-order valence-corrected chi connectivity index (χ1v) is 7.36. The van der Waals surface area contributed by atoms with Gasteiger partial charge in [0, 0.05) is 13.0 Å². The Balaban J connectivity index is 1.66. The molecule has 1 aliphatic rings. The van der Waals surface area contributed by atoms with Crippen LogP contribution in [0.4, 0.5) is 0 Å². The van der Waals surface area contributed by atoms with Gasteiger partial charge in [0.1, 0.15) is 11.8 Å². The summed E-state index contributed by atoms with van der Waals surface area (Å²) >= 11 is 0. The second kappa shape index (κ2) is 6.26. The summed E-state index contributed by atoms with van der Waals surface area (Å²) < 4.78 is 5.49. The van der Waals surface area contributed by atoms with E-state index >= 15 is 0 Å². The predicted octanol–water partition coefficient (Wildman–Crippen LogP) is 1.26. The second-order valence-electron chi connectivity index (χ2n) is 5.59. The number of carbonyl (C=O) groups excluding carboxylic acids is 1. The van der Waals surface area contributed by atoms with Crippen LogP contribution < -0.4 is 4.74 Å². The van der Waals surface area contributed by atoms with Crippen molar-refractivity contribution in [3.8, 4) is 5.75 Å². The van der Waals surface area contributed by atoms with Crippen LogP contribution in [0.1, 0.15) is 6.42 Å². The van der Waals surface area contributed by atoms with Crippen LogP contribution in [-0.2, 0) is 9.59 Å². The first kappa shape index (κ1) is 15.3. The number of hydrogen-bond acceptors (Lipinski definition) is 4. The van der Waals surface area contributed by atoms with Crippen molar-refractivity contribution in [1.29, 1.82) is 0 Å². The summed E-state index contributed by atoms with van der Waals surface area (Å²) in [5, 5.41) is 20.7. The van der Waals surface area contributed by atoms with Crippen LogP contribution in [0.25, 0.3) is 10.8 Å². The first-order chi connectivity index (χ1) is 11.0. The number of ether oxygens (including phenoxy) is 1. The molecule has 6 nitrogen and oxygen atoms in total. The van der Waals surface area contributed by atoms with Crippen LogP contribution in [0.15, 0.2) is 42.5 Å². The Morgan fingerprint density at radius 2 is 1.91 bits per heavy atom. The van der Waals surface area contributed by atoms with Gasteiger partial charge in [-0.1, -0.05) is 30.3 Å². The third-order valence-corrected chi connectivity index (χ3v) is 3.97. The lowest BCUT2D eigenvalue weighted by atomic mass is 10.1. The molecule has 6 heteroatoms. The molecule has 120 valence electrons. The molecule has 0 radical (unpaired) electrons. The average Bonchev–Trinajstić information content (AvgIpc) is 2.95. The minimum atomic E-state index is -1.11. The highest BCUT2D eigenvalue weighted by Crippen LogP contribution is 2.22. The summed E-state index contributed by atoms with van der Waals surface area (Å²) in [7, 11) is 0. The van der Waals surface area contributed by atoms with Gasteiger partial charge in [0.05, 0.1) is 6.10 Å². The first-order valence-electron chi connectivity index (χ1n) is 7.36. The van der Waals surface area contributed by atoms with Crippen molar-refractivity contribution in [3.63, 3.8) is 0 Å². The highest BCUT2D eigenvalue weighted by atomic mass is 16.5. The Morgan fingerprint density at radius 1 is 1.17 bits per heavy atom.